The van der Waals surface area contributed by atoms with E-state index < -0.39 is 18.0 Å². The van der Waals surface area contributed by atoms with Crippen molar-refractivity contribution >= 4 is 17.7 Å². The highest BCUT2D eigenvalue weighted by Crippen LogP contribution is 2.39. The number of rotatable bonds is 5. The zero-order valence-electron chi connectivity index (χ0n) is 12.2. The first-order valence-corrected chi connectivity index (χ1v) is 7.22. The monoisotopic (exact) mass is 299 g/mol. The van der Waals surface area contributed by atoms with Gasteiger partial charge in [0.1, 0.15) is 0 Å². The van der Waals surface area contributed by atoms with Crippen LogP contribution in [0.3, 0.4) is 0 Å². The Morgan fingerprint density at radius 2 is 2.05 bits per heavy atom. The largest absolute Gasteiger partial charge is 0.447 e. The van der Waals surface area contributed by atoms with Crippen LogP contribution in [0.4, 0.5) is 5.82 Å². The topological polar surface area (TPSA) is 84.1 Å². The molecular weight excluding hydrogens is 282 g/mol. The van der Waals surface area contributed by atoms with E-state index in [1.54, 1.807) is 24.3 Å². The first kappa shape index (κ1) is 14.3. The quantitative estimate of drug-likeness (QED) is 0.831. The Morgan fingerprint density at radius 1 is 1.32 bits per heavy atom. The third-order valence-electron chi connectivity index (χ3n) is 3.49. The molecule has 6 heteroatoms. The number of benzene rings is 1. The van der Waals surface area contributed by atoms with Crippen molar-refractivity contribution in [3.8, 4) is 0 Å². The summed E-state index contributed by atoms with van der Waals surface area (Å²) in [5.74, 6) is 0.0384. The lowest BCUT2D eigenvalue weighted by Gasteiger charge is -2.16. The van der Waals surface area contributed by atoms with Crippen LogP contribution in [-0.4, -0.2) is 22.1 Å². The minimum Gasteiger partial charge on any atom is -0.447 e. The van der Waals surface area contributed by atoms with E-state index in [4.69, 9.17) is 4.74 Å². The third kappa shape index (κ3) is 3.33. The first-order valence-electron chi connectivity index (χ1n) is 7.22. The van der Waals surface area contributed by atoms with Gasteiger partial charge in [0.05, 0.1) is 0 Å². The summed E-state index contributed by atoms with van der Waals surface area (Å²) >= 11 is 0. The maximum absolute atomic E-state index is 12.4. The Kier molecular flexibility index (Phi) is 3.91. The summed E-state index contributed by atoms with van der Waals surface area (Å²) in [5.41, 5.74) is 1.65. The minimum absolute atomic E-state index is 0.421. The van der Waals surface area contributed by atoms with Crippen molar-refractivity contribution in [3.05, 3.63) is 47.7 Å². The second kappa shape index (κ2) is 6.01. The number of anilines is 1. The standard InChI is InChI=1S/C16H17N3O3/c1-10(20)22-15(12-5-3-2-4-6-12)16(21)17-14-9-13(18-19-14)11-7-8-11/h2-6,9,11,15H,7-8H2,1H3,(H2,17,18,19,21). The first-order chi connectivity index (χ1) is 10.6. The fourth-order valence-corrected chi connectivity index (χ4v) is 2.26. The van der Waals surface area contributed by atoms with Crippen LogP contribution in [0.5, 0.6) is 0 Å². The zero-order valence-corrected chi connectivity index (χ0v) is 12.2. The van der Waals surface area contributed by atoms with E-state index in [2.05, 4.69) is 15.5 Å². The highest BCUT2D eigenvalue weighted by molar-refractivity contribution is 5.95. The van der Waals surface area contributed by atoms with Gasteiger partial charge >= 0.3 is 5.97 Å². The number of aromatic amines is 1. The van der Waals surface area contributed by atoms with Gasteiger partial charge in [-0.3, -0.25) is 14.7 Å². The van der Waals surface area contributed by atoms with Crippen LogP contribution in [0.25, 0.3) is 0 Å². The number of esters is 1. The average molecular weight is 299 g/mol. The molecule has 1 unspecified atom stereocenters. The van der Waals surface area contributed by atoms with Gasteiger partial charge in [-0.2, -0.15) is 5.10 Å². The summed E-state index contributed by atoms with van der Waals surface area (Å²) in [4.78, 5) is 23.7. The van der Waals surface area contributed by atoms with Gasteiger partial charge < -0.3 is 10.1 Å². The number of hydrogen-bond donors (Lipinski definition) is 2. The molecule has 0 saturated heterocycles. The van der Waals surface area contributed by atoms with Crippen LogP contribution in [0.1, 0.15) is 43.0 Å². The number of aromatic nitrogens is 2. The lowest BCUT2D eigenvalue weighted by atomic mass is 10.1. The molecule has 22 heavy (non-hydrogen) atoms. The second-order valence-corrected chi connectivity index (χ2v) is 5.37. The van der Waals surface area contributed by atoms with Crippen LogP contribution in [-0.2, 0) is 14.3 Å². The molecule has 2 aromatic rings. The van der Waals surface area contributed by atoms with E-state index in [-0.39, 0.29) is 0 Å². The average Bonchev–Trinajstić information content (AvgIpc) is 3.26. The molecule has 1 atom stereocenters. The molecule has 3 rings (SSSR count). The molecule has 114 valence electrons. The van der Waals surface area contributed by atoms with Gasteiger partial charge in [0.2, 0.25) is 6.10 Å². The molecule has 0 radical (unpaired) electrons. The number of carbonyl (C=O) groups excluding carboxylic acids is 2. The fourth-order valence-electron chi connectivity index (χ4n) is 2.26. The van der Waals surface area contributed by atoms with E-state index >= 15 is 0 Å². The van der Waals surface area contributed by atoms with Crippen LogP contribution in [0.2, 0.25) is 0 Å². The number of hydrogen-bond acceptors (Lipinski definition) is 4. The summed E-state index contributed by atoms with van der Waals surface area (Å²) < 4.78 is 5.15. The van der Waals surface area contributed by atoms with Gasteiger partial charge in [-0.1, -0.05) is 30.3 Å². The van der Waals surface area contributed by atoms with Crippen molar-refractivity contribution in [2.75, 3.05) is 5.32 Å². The Balaban J connectivity index is 1.74. The predicted octanol–water partition coefficient (Wildman–Crippen LogP) is 2.53. The van der Waals surface area contributed by atoms with Gasteiger partial charge in [-0.25, -0.2) is 0 Å². The van der Waals surface area contributed by atoms with E-state index in [1.807, 2.05) is 12.1 Å². The highest BCUT2D eigenvalue weighted by atomic mass is 16.5. The van der Waals surface area contributed by atoms with Gasteiger partial charge in [0.25, 0.3) is 5.91 Å². The molecule has 1 saturated carbocycles. The zero-order chi connectivity index (χ0) is 15.5. The normalized spacial score (nSPS) is 15.1. The molecule has 1 aromatic carbocycles. The van der Waals surface area contributed by atoms with Crippen LogP contribution in [0.15, 0.2) is 36.4 Å². The van der Waals surface area contributed by atoms with E-state index in [0.29, 0.717) is 17.3 Å². The Morgan fingerprint density at radius 3 is 2.68 bits per heavy atom. The second-order valence-electron chi connectivity index (χ2n) is 5.37. The van der Waals surface area contributed by atoms with E-state index in [9.17, 15) is 9.59 Å². The fraction of sp³-hybridized carbons (Fsp3) is 0.312. The molecule has 0 bridgehead atoms. The number of H-pyrrole nitrogens is 1. The van der Waals surface area contributed by atoms with Crippen LogP contribution >= 0.6 is 0 Å². The number of ether oxygens (including phenoxy) is 1. The minimum atomic E-state index is -0.986. The van der Waals surface area contributed by atoms with Crippen molar-refractivity contribution in [1.82, 2.24) is 10.2 Å². The molecule has 6 nitrogen and oxygen atoms in total. The Bertz CT molecular complexity index is 677. The SMILES string of the molecule is CC(=O)OC(C(=O)Nc1cc(C2CC2)[nH]n1)c1ccccc1. The van der Waals surface area contributed by atoms with Crippen molar-refractivity contribution in [2.24, 2.45) is 0 Å². The molecule has 1 fully saturated rings. The summed E-state index contributed by atoms with van der Waals surface area (Å²) in [7, 11) is 0. The Labute approximate surface area is 127 Å². The van der Waals surface area contributed by atoms with Gasteiger partial charge in [-0.15, -0.1) is 0 Å². The summed E-state index contributed by atoms with van der Waals surface area (Å²) in [6, 6.07) is 10.7. The molecule has 2 N–H and O–H groups in total. The number of amides is 1. The number of nitrogens with one attached hydrogen (secondary N) is 2. The number of carbonyl (C=O) groups is 2. The lowest BCUT2D eigenvalue weighted by Crippen LogP contribution is -2.25. The molecular formula is C16H17N3O3. The van der Waals surface area contributed by atoms with Crippen molar-refractivity contribution in [2.45, 2.75) is 31.8 Å². The van der Waals surface area contributed by atoms with E-state index in [1.165, 1.54) is 6.92 Å². The van der Waals surface area contributed by atoms with Crippen molar-refractivity contribution in [1.29, 1.82) is 0 Å². The molecule has 0 aliphatic heterocycles. The molecule has 1 heterocycles. The molecule has 1 aliphatic carbocycles. The van der Waals surface area contributed by atoms with Crippen LogP contribution in [0, 0.1) is 0 Å². The smallest absolute Gasteiger partial charge is 0.303 e. The summed E-state index contributed by atoms with van der Waals surface area (Å²) in [6.07, 6.45) is 1.31. The summed E-state index contributed by atoms with van der Waals surface area (Å²) in [5, 5.41) is 9.69. The highest BCUT2D eigenvalue weighted by Gasteiger charge is 2.27. The van der Waals surface area contributed by atoms with Gasteiger partial charge in [0.15, 0.2) is 5.82 Å². The predicted molar refractivity (Wildman–Crippen MR) is 80.1 cm³/mol. The third-order valence-corrected chi connectivity index (χ3v) is 3.49. The lowest BCUT2D eigenvalue weighted by molar-refractivity contribution is -0.152. The molecule has 1 aromatic heterocycles. The van der Waals surface area contributed by atoms with E-state index in [0.717, 1.165) is 18.5 Å². The Hall–Kier alpha value is -2.63. The molecule has 1 aliphatic rings. The van der Waals surface area contributed by atoms with Crippen LogP contribution < -0.4 is 5.32 Å². The van der Waals surface area contributed by atoms with Crippen molar-refractivity contribution in [3.63, 3.8) is 0 Å². The maximum atomic E-state index is 12.4. The maximum Gasteiger partial charge on any atom is 0.303 e. The molecule has 0 spiro atoms. The van der Waals surface area contributed by atoms with Crippen molar-refractivity contribution < 1.29 is 14.3 Å². The molecule has 1 amide bonds. The van der Waals surface area contributed by atoms with Gasteiger partial charge in [0, 0.05) is 30.2 Å². The summed E-state index contributed by atoms with van der Waals surface area (Å²) in [6.45, 7) is 1.28. The number of nitrogens with zero attached hydrogens (tertiary/aromatic N) is 1. The van der Waals surface area contributed by atoms with Gasteiger partial charge in [-0.05, 0) is 12.8 Å².